The Morgan fingerprint density at radius 3 is 2.37 bits per heavy atom. The van der Waals surface area contributed by atoms with Gasteiger partial charge in [-0.25, -0.2) is 15.0 Å². The van der Waals surface area contributed by atoms with Crippen molar-refractivity contribution in [3.63, 3.8) is 0 Å². The highest BCUT2D eigenvalue weighted by Crippen LogP contribution is 2.15. The number of hydrogen-bond acceptors (Lipinski definition) is 5. The first-order chi connectivity index (χ1) is 13.2. The molecule has 132 valence electrons. The van der Waals surface area contributed by atoms with Crippen LogP contribution < -0.4 is 10.9 Å². The summed E-state index contributed by atoms with van der Waals surface area (Å²) in [5.74, 6) is 0.231. The average molecular weight is 357 g/mol. The molecular formula is C20H15N5O2. The summed E-state index contributed by atoms with van der Waals surface area (Å²) in [5, 5.41) is 2.72. The van der Waals surface area contributed by atoms with Gasteiger partial charge in [0.15, 0.2) is 5.82 Å². The predicted molar refractivity (Wildman–Crippen MR) is 102 cm³/mol. The summed E-state index contributed by atoms with van der Waals surface area (Å²) in [6, 6.07) is 16.7. The number of nitrogens with zero attached hydrogens (tertiary/aromatic N) is 4. The number of aromatic nitrogens is 4. The summed E-state index contributed by atoms with van der Waals surface area (Å²) in [4.78, 5) is 37.1. The molecule has 4 aromatic rings. The molecule has 0 aliphatic carbocycles. The molecule has 0 unspecified atom stereocenters. The zero-order valence-electron chi connectivity index (χ0n) is 14.2. The highest BCUT2D eigenvalue weighted by Gasteiger charge is 2.10. The molecule has 0 bridgehead atoms. The molecule has 0 aliphatic rings. The minimum Gasteiger partial charge on any atom is -0.322 e. The lowest BCUT2D eigenvalue weighted by atomic mass is 10.2. The van der Waals surface area contributed by atoms with Crippen molar-refractivity contribution in [1.82, 2.24) is 19.5 Å². The molecule has 0 aliphatic heterocycles. The summed E-state index contributed by atoms with van der Waals surface area (Å²) in [5.41, 5.74) is 2.28. The van der Waals surface area contributed by atoms with E-state index >= 15 is 0 Å². The van der Waals surface area contributed by atoms with E-state index in [0.29, 0.717) is 22.5 Å². The summed E-state index contributed by atoms with van der Waals surface area (Å²) in [6.07, 6.45) is 4.30. The monoisotopic (exact) mass is 357 g/mol. The average Bonchev–Trinajstić information content (AvgIpc) is 2.71. The zero-order chi connectivity index (χ0) is 18.6. The Hall–Kier alpha value is -3.87. The molecule has 0 spiro atoms. The van der Waals surface area contributed by atoms with Gasteiger partial charge in [-0.3, -0.25) is 14.2 Å². The van der Waals surface area contributed by atoms with Crippen molar-refractivity contribution in [2.24, 2.45) is 0 Å². The Kier molecular flexibility index (Phi) is 4.40. The number of nitrogens with one attached hydrogen (secondary N) is 1. The Balaban J connectivity index is 1.52. The van der Waals surface area contributed by atoms with Crippen LogP contribution in [0.25, 0.3) is 22.4 Å². The first kappa shape index (κ1) is 16.6. The maximum atomic E-state index is 12.4. The summed E-state index contributed by atoms with van der Waals surface area (Å²) < 4.78 is 1.39. The van der Waals surface area contributed by atoms with E-state index in [2.05, 4.69) is 20.3 Å². The number of benzene rings is 2. The van der Waals surface area contributed by atoms with Gasteiger partial charge in [-0.1, -0.05) is 42.5 Å². The summed E-state index contributed by atoms with van der Waals surface area (Å²) in [7, 11) is 0. The third kappa shape index (κ3) is 3.57. The molecule has 0 radical (unpaired) electrons. The van der Waals surface area contributed by atoms with Gasteiger partial charge in [0.25, 0.3) is 5.56 Å². The van der Waals surface area contributed by atoms with Crippen LogP contribution in [0.15, 0.2) is 78.0 Å². The number of fused-ring (bicyclic) bond motifs is 1. The Morgan fingerprint density at radius 1 is 0.889 bits per heavy atom. The van der Waals surface area contributed by atoms with Gasteiger partial charge in [0.2, 0.25) is 5.91 Å². The normalized spacial score (nSPS) is 10.7. The van der Waals surface area contributed by atoms with Crippen LogP contribution in [0.2, 0.25) is 0 Å². The van der Waals surface area contributed by atoms with Gasteiger partial charge in [-0.05, 0) is 12.1 Å². The van der Waals surface area contributed by atoms with Gasteiger partial charge in [0.1, 0.15) is 6.54 Å². The van der Waals surface area contributed by atoms with Gasteiger partial charge in [-0.2, -0.15) is 0 Å². The fraction of sp³-hybridized carbons (Fsp3) is 0.0500. The summed E-state index contributed by atoms with van der Waals surface area (Å²) in [6.45, 7) is -0.123. The minimum absolute atomic E-state index is 0.123. The van der Waals surface area contributed by atoms with Crippen LogP contribution in [0.3, 0.4) is 0 Å². The fourth-order valence-electron chi connectivity index (χ4n) is 2.75. The van der Waals surface area contributed by atoms with Crippen molar-refractivity contribution in [3.05, 3.63) is 83.5 Å². The van der Waals surface area contributed by atoms with E-state index in [4.69, 9.17) is 0 Å². The van der Waals surface area contributed by atoms with Crippen molar-refractivity contribution in [2.75, 3.05) is 5.32 Å². The maximum absolute atomic E-state index is 12.4. The second kappa shape index (κ2) is 7.17. The highest BCUT2D eigenvalue weighted by atomic mass is 16.2. The van der Waals surface area contributed by atoms with Crippen LogP contribution in [0.1, 0.15) is 0 Å². The number of carbonyl (C=O) groups excluding carboxylic acids is 1. The molecule has 2 aromatic carbocycles. The first-order valence-electron chi connectivity index (χ1n) is 8.32. The lowest BCUT2D eigenvalue weighted by molar-refractivity contribution is -0.116. The number of rotatable bonds is 4. The van der Waals surface area contributed by atoms with Crippen LogP contribution in [-0.4, -0.2) is 25.4 Å². The molecule has 0 saturated heterocycles. The molecule has 1 N–H and O–H groups in total. The summed E-state index contributed by atoms with van der Waals surface area (Å²) >= 11 is 0. The molecule has 7 nitrogen and oxygen atoms in total. The van der Waals surface area contributed by atoms with E-state index in [1.807, 2.05) is 36.4 Å². The Morgan fingerprint density at radius 2 is 1.59 bits per heavy atom. The van der Waals surface area contributed by atoms with E-state index in [-0.39, 0.29) is 18.0 Å². The van der Waals surface area contributed by atoms with Crippen LogP contribution in [0.5, 0.6) is 0 Å². The Labute approximate surface area is 154 Å². The zero-order valence-corrected chi connectivity index (χ0v) is 14.2. The number of hydrogen-bond donors (Lipinski definition) is 1. The third-order valence-corrected chi connectivity index (χ3v) is 4.02. The van der Waals surface area contributed by atoms with Gasteiger partial charge in [0, 0.05) is 5.56 Å². The van der Waals surface area contributed by atoms with Crippen molar-refractivity contribution >= 4 is 22.6 Å². The highest BCUT2D eigenvalue weighted by molar-refractivity contribution is 5.91. The number of amides is 1. The van der Waals surface area contributed by atoms with Gasteiger partial charge < -0.3 is 5.32 Å². The van der Waals surface area contributed by atoms with E-state index < -0.39 is 0 Å². The lowest BCUT2D eigenvalue weighted by Crippen LogP contribution is -2.28. The van der Waals surface area contributed by atoms with Crippen molar-refractivity contribution in [2.45, 2.75) is 6.54 Å². The lowest BCUT2D eigenvalue weighted by Gasteiger charge is -2.10. The standard InChI is InChI=1S/C20H15N5O2/c26-18(13-25-17-9-5-4-8-16(17)21-12-19(25)27)24-15-10-22-20(23-11-15)14-6-2-1-3-7-14/h1-12H,13H2,(H,24,26). The van der Waals surface area contributed by atoms with Crippen LogP contribution >= 0.6 is 0 Å². The first-order valence-corrected chi connectivity index (χ1v) is 8.32. The van der Waals surface area contributed by atoms with Crippen LogP contribution in [-0.2, 0) is 11.3 Å². The van der Waals surface area contributed by atoms with Crippen LogP contribution in [0.4, 0.5) is 5.69 Å². The molecule has 2 aromatic heterocycles. The largest absolute Gasteiger partial charge is 0.322 e. The van der Waals surface area contributed by atoms with E-state index in [1.165, 1.54) is 10.8 Å². The van der Waals surface area contributed by atoms with Crippen molar-refractivity contribution in [1.29, 1.82) is 0 Å². The second-order valence-corrected chi connectivity index (χ2v) is 5.88. The Bertz CT molecular complexity index is 1150. The molecule has 0 fully saturated rings. The number of anilines is 1. The molecule has 1 amide bonds. The fourth-order valence-corrected chi connectivity index (χ4v) is 2.75. The molecule has 27 heavy (non-hydrogen) atoms. The second-order valence-electron chi connectivity index (χ2n) is 5.88. The molecule has 0 atom stereocenters. The number of carbonyl (C=O) groups is 1. The van der Waals surface area contributed by atoms with E-state index in [9.17, 15) is 9.59 Å². The van der Waals surface area contributed by atoms with Crippen LogP contribution in [0, 0.1) is 0 Å². The molecule has 0 saturated carbocycles. The van der Waals surface area contributed by atoms with E-state index in [1.54, 1.807) is 30.6 Å². The minimum atomic E-state index is -0.343. The van der Waals surface area contributed by atoms with E-state index in [0.717, 1.165) is 5.56 Å². The maximum Gasteiger partial charge on any atom is 0.269 e. The third-order valence-electron chi connectivity index (χ3n) is 4.02. The quantitative estimate of drug-likeness (QED) is 0.606. The number of para-hydroxylation sites is 2. The molecule has 4 rings (SSSR count). The topological polar surface area (TPSA) is 89.8 Å². The molecule has 2 heterocycles. The molecular weight excluding hydrogens is 342 g/mol. The smallest absolute Gasteiger partial charge is 0.269 e. The predicted octanol–water partition coefficient (Wildman–Crippen LogP) is 2.49. The van der Waals surface area contributed by atoms with Crippen molar-refractivity contribution in [3.8, 4) is 11.4 Å². The van der Waals surface area contributed by atoms with Gasteiger partial charge in [0.05, 0.1) is 35.3 Å². The SMILES string of the molecule is O=C(Cn1c(=O)cnc2ccccc21)Nc1cnc(-c2ccccc2)nc1. The van der Waals surface area contributed by atoms with Gasteiger partial charge in [-0.15, -0.1) is 0 Å². The van der Waals surface area contributed by atoms with Crippen molar-refractivity contribution < 1.29 is 4.79 Å². The molecule has 7 heteroatoms. The van der Waals surface area contributed by atoms with Gasteiger partial charge >= 0.3 is 0 Å².